The van der Waals surface area contributed by atoms with Gasteiger partial charge in [0.25, 0.3) is 0 Å². The predicted molar refractivity (Wildman–Crippen MR) is 79.4 cm³/mol. The largest absolute Gasteiger partial charge is 0.465 e. The molecule has 2 rings (SSSR count). The van der Waals surface area contributed by atoms with Crippen LogP contribution in [0.4, 0.5) is 5.00 Å². The lowest BCUT2D eigenvalue weighted by atomic mass is 10.3. The van der Waals surface area contributed by atoms with Gasteiger partial charge in [-0.15, -0.1) is 11.3 Å². The van der Waals surface area contributed by atoms with Crippen molar-refractivity contribution in [1.29, 1.82) is 0 Å². The second kappa shape index (κ2) is 5.97. The van der Waals surface area contributed by atoms with Gasteiger partial charge in [-0.3, -0.25) is 9.59 Å². The fraction of sp³-hybridized carbons (Fsp3) is 0.462. The maximum absolute atomic E-state index is 12.1. The third kappa shape index (κ3) is 3.04. The van der Waals surface area contributed by atoms with Crippen LogP contribution in [0.2, 0.25) is 0 Å². The molecule has 20 heavy (non-hydrogen) atoms. The first-order chi connectivity index (χ1) is 9.42. The number of thiophene rings is 1. The molecule has 1 saturated heterocycles. The molecular formula is C13H15NO4S2. The topological polar surface area (TPSA) is 63.7 Å². The number of aryl methyl sites for hydroxylation is 1. The summed E-state index contributed by atoms with van der Waals surface area (Å²) in [5, 5.41) is 0.569. The van der Waals surface area contributed by atoms with Gasteiger partial charge in [0.2, 0.25) is 5.91 Å². The number of anilines is 1. The van der Waals surface area contributed by atoms with E-state index in [0.29, 0.717) is 23.5 Å². The van der Waals surface area contributed by atoms with Crippen LogP contribution in [0.5, 0.6) is 0 Å². The number of methoxy groups -OCH3 is 1. The van der Waals surface area contributed by atoms with Gasteiger partial charge < -0.3 is 9.64 Å². The maximum atomic E-state index is 12.1. The van der Waals surface area contributed by atoms with Gasteiger partial charge in [-0.2, -0.15) is 0 Å². The van der Waals surface area contributed by atoms with E-state index in [9.17, 15) is 14.4 Å². The summed E-state index contributed by atoms with van der Waals surface area (Å²) in [6, 6.07) is 1.73. The highest BCUT2D eigenvalue weighted by molar-refractivity contribution is 8.14. The normalized spacial score (nSPS) is 18.4. The van der Waals surface area contributed by atoms with E-state index in [-0.39, 0.29) is 16.3 Å². The van der Waals surface area contributed by atoms with E-state index >= 15 is 0 Å². The Labute approximate surface area is 125 Å². The zero-order valence-electron chi connectivity index (χ0n) is 11.5. The first-order valence-electron chi connectivity index (χ1n) is 6.08. The van der Waals surface area contributed by atoms with Crippen LogP contribution in [0.3, 0.4) is 0 Å². The molecule has 7 heteroatoms. The lowest BCUT2D eigenvalue weighted by molar-refractivity contribution is -0.117. The fourth-order valence-electron chi connectivity index (χ4n) is 2.14. The standard InChI is InChI=1S/C13H15NO4S2/c1-7-4-10(13(17)18-3)12(19-7)14-6-9(5-11(14)16)20-8(2)15/h4,9H,5-6H2,1-3H3. The van der Waals surface area contributed by atoms with Crippen LogP contribution in [0.25, 0.3) is 0 Å². The van der Waals surface area contributed by atoms with E-state index in [1.165, 1.54) is 37.1 Å². The molecule has 0 bridgehead atoms. The number of carbonyl (C=O) groups is 3. The zero-order valence-corrected chi connectivity index (χ0v) is 13.1. The van der Waals surface area contributed by atoms with Gasteiger partial charge in [-0.25, -0.2) is 4.79 Å². The maximum Gasteiger partial charge on any atom is 0.340 e. The SMILES string of the molecule is COC(=O)c1cc(C)sc1N1CC(SC(C)=O)CC1=O. The molecular weight excluding hydrogens is 298 g/mol. The lowest BCUT2D eigenvalue weighted by Crippen LogP contribution is -2.25. The molecule has 1 aliphatic rings. The number of amides is 1. The summed E-state index contributed by atoms with van der Waals surface area (Å²) in [5.41, 5.74) is 0.414. The number of hydrogen-bond donors (Lipinski definition) is 0. The van der Waals surface area contributed by atoms with Crippen molar-refractivity contribution < 1.29 is 19.1 Å². The Kier molecular flexibility index (Phi) is 4.49. The highest BCUT2D eigenvalue weighted by Crippen LogP contribution is 2.36. The summed E-state index contributed by atoms with van der Waals surface area (Å²) in [4.78, 5) is 37.5. The van der Waals surface area contributed by atoms with Crippen molar-refractivity contribution in [3.63, 3.8) is 0 Å². The molecule has 1 unspecified atom stereocenters. The second-order valence-electron chi connectivity index (χ2n) is 4.51. The highest BCUT2D eigenvalue weighted by atomic mass is 32.2. The van der Waals surface area contributed by atoms with Gasteiger partial charge in [0.15, 0.2) is 5.12 Å². The average molecular weight is 313 g/mol. The minimum Gasteiger partial charge on any atom is -0.465 e. The van der Waals surface area contributed by atoms with E-state index in [1.54, 1.807) is 11.0 Å². The number of hydrogen-bond acceptors (Lipinski definition) is 6. The van der Waals surface area contributed by atoms with Gasteiger partial charge in [0.05, 0.1) is 12.7 Å². The molecule has 1 atom stereocenters. The summed E-state index contributed by atoms with van der Waals surface area (Å²) in [7, 11) is 1.32. The van der Waals surface area contributed by atoms with Crippen molar-refractivity contribution in [2.24, 2.45) is 0 Å². The molecule has 1 amide bonds. The van der Waals surface area contributed by atoms with Crippen molar-refractivity contribution in [2.45, 2.75) is 25.5 Å². The van der Waals surface area contributed by atoms with E-state index < -0.39 is 5.97 Å². The van der Waals surface area contributed by atoms with Gasteiger partial charge in [0.1, 0.15) is 5.00 Å². The molecule has 1 aromatic heterocycles. The van der Waals surface area contributed by atoms with Gasteiger partial charge >= 0.3 is 5.97 Å². The molecule has 0 N–H and O–H groups in total. The van der Waals surface area contributed by atoms with Gasteiger partial charge in [0, 0.05) is 30.0 Å². The van der Waals surface area contributed by atoms with Crippen LogP contribution in [0.15, 0.2) is 6.07 Å². The molecule has 0 spiro atoms. The first kappa shape index (κ1) is 15.1. The minimum absolute atomic E-state index is 0.000187. The lowest BCUT2D eigenvalue weighted by Gasteiger charge is -2.15. The van der Waals surface area contributed by atoms with Crippen LogP contribution in [-0.2, 0) is 14.3 Å². The number of thioether (sulfide) groups is 1. The predicted octanol–water partition coefficient (Wildman–Crippen LogP) is 2.23. The molecule has 1 aromatic rings. The molecule has 1 fully saturated rings. The van der Waals surface area contributed by atoms with Crippen LogP contribution < -0.4 is 4.90 Å². The number of esters is 1. The second-order valence-corrected chi connectivity index (χ2v) is 7.22. The van der Waals surface area contributed by atoms with Crippen molar-refractivity contribution in [3.8, 4) is 0 Å². The smallest absolute Gasteiger partial charge is 0.340 e. The summed E-state index contributed by atoms with van der Waals surface area (Å²) in [5.74, 6) is -0.504. The van der Waals surface area contributed by atoms with Crippen molar-refractivity contribution in [3.05, 3.63) is 16.5 Å². The summed E-state index contributed by atoms with van der Waals surface area (Å²) in [6.07, 6.45) is 0.321. The van der Waals surface area contributed by atoms with E-state index in [4.69, 9.17) is 4.74 Å². The van der Waals surface area contributed by atoms with Gasteiger partial charge in [-0.1, -0.05) is 11.8 Å². The summed E-state index contributed by atoms with van der Waals surface area (Å²) in [6.45, 7) is 3.82. The molecule has 0 aliphatic carbocycles. The van der Waals surface area contributed by atoms with Gasteiger partial charge in [-0.05, 0) is 13.0 Å². The molecule has 0 aromatic carbocycles. The molecule has 0 saturated carbocycles. The van der Waals surface area contributed by atoms with Crippen LogP contribution in [0.1, 0.15) is 28.6 Å². The molecule has 0 radical (unpaired) electrons. The number of ether oxygens (including phenoxy) is 1. The average Bonchev–Trinajstić information content (AvgIpc) is 2.90. The third-order valence-corrected chi connectivity index (χ3v) is 4.96. The van der Waals surface area contributed by atoms with E-state index in [0.717, 1.165) is 4.88 Å². The molecule has 5 nitrogen and oxygen atoms in total. The fourth-order valence-corrected chi connectivity index (χ4v) is 4.08. The third-order valence-electron chi connectivity index (χ3n) is 2.91. The zero-order chi connectivity index (χ0) is 14.9. The van der Waals surface area contributed by atoms with Crippen molar-refractivity contribution in [1.82, 2.24) is 0 Å². The molecule has 2 heterocycles. The Morgan fingerprint density at radius 3 is 2.80 bits per heavy atom. The Morgan fingerprint density at radius 2 is 2.20 bits per heavy atom. The summed E-state index contributed by atoms with van der Waals surface area (Å²) < 4.78 is 4.75. The monoisotopic (exact) mass is 313 g/mol. The summed E-state index contributed by atoms with van der Waals surface area (Å²) >= 11 is 2.57. The Balaban J connectivity index is 2.26. The van der Waals surface area contributed by atoms with Crippen molar-refractivity contribution in [2.75, 3.05) is 18.6 Å². The molecule has 1 aliphatic heterocycles. The highest BCUT2D eigenvalue weighted by Gasteiger charge is 2.35. The Bertz CT molecular complexity index is 567. The number of rotatable bonds is 3. The Morgan fingerprint density at radius 1 is 1.50 bits per heavy atom. The van der Waals surface area contributed by atoms with Crippen LogP contribution in [-0.4, -0.2) is 35.9 Å². The van der Waals surface area contributed by atoms with E-state index in [1.807, 2.05) is 6.92 Å². The number of carbonyl (C=O) groups excluding carboxylic acids is 3. The minimum atomic E-state index is -0.445. The first-order valence-corrected chi connectivity index (χ1v) is 7.78. The quantitative estimate of drug-likeness (QED) is 0.801. The van der Waals surface area contributed by atoms with Crippen LogP contribution in [0, 0.1) is 6.92 Å². The van der Waals surface area contributed by atoms with Crippen LogP contribution >= 0.6 is 23.1 Å². The van der Waals surface area contributed by atoms with E-state index in [2.05, 4.69) is 0 Å². The Hall–Kier alpha value is -1.34. The number of nitrogens with zero attached hydrogens (tertiary/aromatic N) is 1. The van der Waals surface area contributed by atoms with Crippen molar-refractivity contribution >= 4 is 45.1 Å². The molecule has 108 valence electrons.